The van der Waals surface area contributed by atoms with Crippen LogP contribution in [0.5, 0.6) is 5.75 Å². The lowest BCUT2D eigenvalue weighted by atomic mass is 10.0. The Morgan fingerprint density at radius 3 is 2.67 bits per heavy atom. The number of aryl methyl sites for hydroxylation is 1. The van der Waals surface area contributed by atoms with E-state index in [0.29, 0.717) is 5.82 Å². The number of H-pyrrole nitrogens is 1. The van der Waals surface area contributed by atoms with Crippen LogP contribution in [0.1, 0.15) is 5.69 Å². The molecule has 0 atom stereocenters. The molecule has 0 saturated heterocycles. The zero-order chi connectivity index (χ0) is 10.8. The Morgan fingerprint density at radius 1 is 1.33 bits per heavy atom. The Morgan fingerprint density at radius 2 is 2.07 bits per heavy atom. The number of nitrogens with zero attached hydrogens (tertiary/aromatic N) is 1. The monoisotopic (exact) mass is 203 g/mol. The predicted molar refractivity (Wildman–Crippen MR) is 59.7 cm³/mol. The molecule has 0 aliphatic rings. The lowest BCUT2D eigenvalue weighted by Crippen LogP contribution is -1.92. The second-order valence-electron chi connectivity index (χ2n) is 3.31. The smallest absolute Gasteiger partial charge is 0.153 e. The lowest BCUT2D eigenvalue weighted by Gasteiger charge is -2.07. The van der Waals surface area contributed by atoms with Crippen molar-refractivity contribution in [2.45, 2.75) is 6.92 Å². The highest BCUT2D eigenvalue weighted by atomic mass is 16.5. The van der Waals surface area contributed by atoms with Crippen LogP contribution >= 0.6 is 0 Å². The average molecular weight is 203 g/mol. The normalized spacial score (nSPS) is 10.3. The summed E-state index contributed by atoms with van der Waals surface area (Å²) in [5.74, 6) is 1.30. The quantitative estimate of drug-likeness (QED) is 0.784. The minimum absolute atomic E-state index is 0.497. The van der Waals surface area contributed by atoms with Gasteiger partial charge in [-0.05, 0) is 13.0 Å². The molecule has 15 heavy (non-hydrogen) atoms. The Balaban J connectivity index is 2.63. The van der Waals surface area contributed by atoms with Gasteiger partial charge in [0, 0.05) is 16.8 Å². The van der Waals surface area contributed by atoms with Gasteiger partial charge in [-0.3, -0.25) is 5.10 Å². The molecule has 1 heterocycles. The van der Waals surface area contributed by atoms with Crippen LogP contribution in [0.25, 0.3) is 11.1 Å². The molecule has 2 aromatic rings. The van der Waals surface area contributed by atoms with E-state index in [1.807, 2.05) is 31.2 Å². The van der Waals surface area contributed by atoms with Gasteiger partial charge in [-0.25, -0.2) is 0 Å². The number of anilines is 1. The first-order chi connectivity index (χ1) is 7.24. The number of benzene rings is 1. The number of para-hydroxylation sites is 1. The fraction of sp³-hybridized carbons (Fsp3) is 0.182. The maximum absolute atomic E-state index is 5.80. The summed E-state index contributed by atoms with van der Waals surface area (Å²) in [5, 5.41) is 6.82. The van der Waals surface area contributed by atoms with Crippen molar-refractivity contribution < 1.29 is 4.74 Å². The molecule has 0 unspecified atom stereocenters. The number of nitrogens with two attached hydrogens (primary N) is 1. The number of aromatic nitrogens is 2. The van der Waals surface area contributed by atoms with E-state index in [4.69, 9.17) is 10.5 Å². The highest BCUT2D eigenvalue weighted by molar-refractivity contribution is 5.80. The SMILES string of the molecule is COc1ccccc1-c1c(N)n[nH]c1C. The molecule has 3 N–H and O–H groups in total. The van der Waals surface area contributed by atoms with Crippen LogP contribution in [0.4, 0.5) is 5.82 Å². The van der Waals surface area contributed by atoms with Crippen LogP contribution in [-0.2, 0) is 0 Å². The summed E-state index contributed by atoms with van der Waals surface area (Å²) in [7, 11) is 1.64. The lowest BCUT2D eigenvalue weighted by molar-refractivity contribution is 0.416. The molecular weight excluding hydrogens is 190 g/mol. The van der Waals surface area contributed by atoms with Crippen molar-refractivity contribution in [3.8, 4) is 16.9 Å². The second-order valence-corrected chi connectivity index (χ2v) is 3.31. The van der Waals surface area contributed by atoms with E-state index in [2.05, 4.69) is 10.2 Å². The number of aromatic amines is 1. The Labute approximate surface area is 88.1 Å². The number of methoxy groups -OCH3 is 1. The van der Waals surface area contributed by atoms with Gasteiger partial charge >= 0.3 is 0 Å². The maximum Gasteiger partial charge on any atom is 0.153 e. The van der Waals surface area contributed by atoms with E-state index >= 15 is 0 Å². The molecule has 0 spiro atoms. The minimum atomic E-state index is 0.497. The van der Waals surface area contributed by atoms with Gasteiger partial charge in [-0.15, -0.1) is 0 Å². The minimum Gasteiger partial charge on any atom is -0.496 e. The molecule has 4 nitrogen and oxygen atoms in total. The summed E-state index contributed by atoms with van der Waals surface area (Å²) < 4.78 is 5.28. The molecule has 0 aliphatic carbocycles. The van der Waals surface area contributed by atoms with Crippen LogP contribution in [0.15, 0.2) is 24.3 Å². The number of rotatable bonds is 2. The molecule has 4 heteroatoms. The summed E-state index contributed by atoms with van der Waals surface area (Å²) in [6, 6.07) is 7.74. The first kappa shape index (κ1) is 9.58. The summed E-state index contributed by atoms with van der Waals surface area (Å²) in [6.07, 6.45) is 0. The molecule has 0 aliphatic heterocycles. The van der Waals surface area contributed by atoms with Crippen molar-refractivity contribution in [3.63, 3.8) is 0 Å². The standard InChI is InChI=1S/C11H13N3O/c1-7-10(11(12)14-13-7)8-5-3-4-6-9(8)15-2/h3-6H,1-2H3,(H3,12,13,14). The van der Waals surface area contributed by atoms with Gasteiger partial charge < -0.3 is 10.5 Å². The van der Waals surface area contributed by atoms with Crippen molar-refractivity contribution in [2.75, 3.05) is 12.8 Å². The van der Waals surface area contributed by atoms with Gasteiger partial charge in [0.2, 0.25) is 0 Å². The fourth-order valence-corrected chi connectivity index (χ4v) is 1.64. The molecule has 2 rings (SSSR count). The van der Waals surface area contributed by atoms with Crippen molar-refractivity contribution >= 4 is 5.82 Å². The molecule has 0 amide bonds. The molecule has 1 aromatic heterocycles. The van der Waals surface area contributed by atoms with E-state index in [9.17, 15) is 0 Å². The molecule has 0 radical (unpaired) electrons. The van der Waals surface area contributed by atoms with Gasteiger partial charge in [0.05, 0.1) is 7.11 Å². The summed E-state index contributed by atoms with van der Waals surface area (Å²) in [6.45, 7) is 1.94. The van der Waals surface area contributed by atoms with E-state index in [1.165, 1.54) is 0 Å². The van der Waals surface area contributed by atoms with Crippen LogP contribution in [-0.4, -0.2) is 17.3 Å². The van der Waals surface area contributed by atoms with E-state index in [1.54, 1.807) is 7.11 Å². The van der Waals surface area contributed by atoms with Gasteiger partial charge in [-0.2, -0.15) is 5.10 Å². The Bertz CT molecular complexity index is 457. The van der Waals surface area contributed by atoms with Gasteiger partial charge in [-0.1, -0.05) is 18.2 Å². The first-order valence-electron chi connectivity index (χ1n) is 4.68. The molecule has 0 saturated carbocycles. The topological polar surface area (TPSA) is 63.9 Å². The predicted octanol–water partition coefficient (Wildman–Crippen LogP) is 1.98. The van der Waals surface area contributed by atoms with Crippen LogP contribution in [0.3, 0.4) is 0 Å². The van der Waals surface area contributed by atoms with Crippen LogP contribution in [0, 0.1) is 6.92 Å². The zero-order valence-electron chi connectivity index (χ0n) is 8.74. The van der Waals surface area contributed by atoms with Crippen LogP contribution < -0.4 is 10.5 Å². The summed E-state index contributed by atoms with van der Waals surface area (Å²) in [4.78, 5) is 0. The van der Waals surface area contributed by atoms with E-state index in [0.717, 1.165) is 22.6 Å². The van der Waals surface area contributed by atoms with Gasteiger partial charge in [0.25, 0.3) is 0 Å². The van der Waals surface area contributed by atoms with Crippen molar-refractivity contribution in [2.24, 2.45) is 0 Å². The van der Waals surface area contributed by atoms with Gasteiger partial charge in [0.15, 0.2) is 5.82 Å². The second kappa shape index (κ2) is 3.65. The zero-order valence-corrected chi connectivity index (χ0v) is 8.74. The number of hydrogen-bond acceptors (Lipinski definition) is 3. The average Bonchev–Trinajstić information content (AvgIpc) is 2.59. The number of ether oxygens (including phenoxy) is 1. The van der Waals surface area contributed by atoms with Crippen molar-refractivity contribution in [3.05, 3.63) is 30.0 Å². The summed E-state index contributed by atoms with van der Waals surface area (Å²) >= 11 is 0. The van der Waals surface area contributed by atoms with Gasteiger partial charge in [0.1, 0.15) is 5.75 Å². The highest BCUT2D eigenvalue weighted by Crippen LogP contribution is 2.34. The Kier molecular flexibility index (Phi) is 2.33. The summed E-state index contributed by atoms with van der Waals surface area (Å²) in [5.41, 5.74) is 8.61. The van der Waals surface area contributed by atoms with E-state index in [-0.39, 0.29) is 0 Å². The van der Waals surface area contributed by atoms with Crippen molar-refractivity contribution in [1.29, 1.82) is 0 Å². The molecular formula is C11H13N3O. The third-order valence-electron chi connectivity index (χ3n) is 2.35. The third-order valence-corrected chi connectivity index (χ3v) is 2.35. The number of hydrogen-bond donors (Lipinski definition) is 2. The highest BCUT2D eigenvalue weighted by Gasteiger charge is 2.13. The van der Waals surface area contributed by atoms with E-state index < -0.39 is 0 Å². The molecule has 78 valence electrons. The van der Waals surface area contributed by atoms with Crippen molar-refractivity contribution in [1.82, 2.24) is 10.2 Å². The Hall–Kier alpha value is -1.97. The molecule has 1 aromatic carbocycles. The molecule has 0 bridgehead atoms. The number of nitrogen functional groups attached to an aromatic ring is 1. The fourth-order valence-electron chi connectivity index (χ4n) is 1.64. The first-order valence-corrected chi connectivity index (χ1v) is 4.68. The van der Waals surface area contributed by atoms with Crippen LogP contribution in [0.2, 0.25) is 0 Å². The third kappa shape index (κ3) is 1.54. The largest absolute Gasteiger partial charge is 0.496 e. The maximum atomic E-state index is 5.80. The number of nitrogens with one attached hydrogen (secondary N) is 1. The molecule has 0 fully saturated rings.